The number of benzene rings is 1. The van der Waals surface area contributed by atoms with Gasteiger partial charge in [-0.3, -0.25) is 4.79 Å². The lowest BCUT2D eigenvalue weighted by Gasteiger charge is -2.39. The lowest BCUT2D eigenvalue weighted by molar-refractivity contribution is -0.127. The first kappa shape index (κ1) is 17.3. The highest BCUT2D eigenvalue weighted by atomic mass is 16.2. The van der Waals surface area contributed by atoms with Crippen LogP contribution in [-0.4, -0.2) is 23.4 Å². The summed E-state index contributed by atoms with van der Waals surface area (Å²) in [6.45, 7) is 12.3. The summed E-state index contributed by atoms with van der Waals surface area (Å²) >= 11 is 0. The van der Waals surface area contributed by atoms with Crippen molar-refractivity contribution in [3.05, 3.63) is 41.5 Å². The molecule has 2 aliphatic rings. The number of likely N-dealkylation sites (tertiary alicyclic amines) is 1. The van der Waals surface area contributed by atoms with Gasteiger partial charge in [0.2, 0.25) is 5.91 Å². The molecule has 2 atom stereocenters. The number of carbonyl (C=O) groups is 1. The zero-order valence-electron chi connectivity index (χ0n) is 15.8. The molecule has 1 aromatic carbocycles. The molecule has 2 unspecified atom stereocenters. The smallest absolute Gasteiger partial charge is 0.246 e. The van der Waals surface area contributed by atoms with Gasteiger partial charge in [0.25, 0.3) is 0 Å². The van der Waals surface area contributed by atoms with Crippen LogP contribution in [0.5, 0.6) is 0 Å². The Bertz CT molecular complexity index is 640. The van der Waals surface area contributed by atoms with Crippen LogP contribution < -0.4 is 0 Å². The average Bonchev–Trinajstić information content (AvgIpc) is 2.74. The molecule has 2 heteroatoms. The predicted octanol–water partition coefficient (Wildman–Crippen LogP) is 5.25. The van der Waals surface area contributed by atoms with E-state index in [0.29, 0.717) is 22.8 Å². The van der Waals surface area contributed by atoms with Crippen molar-refractivity contribution in [2.75, 3.05) is 6.54 Å². The number of hydrogen-bond acceptors (Lipinski definition) is 1. The first-order chi connectivity index (χ1) is 11.2. The summed E-state index contributed by atoms with van der Waals surface area (Å²) in [5.74, 6) is 0.715. The molecule has 1 amide bonds. The molecule has 130 valence electrons. The van der Waals surface area contributed by atoms with Crippen LogP contribution in [0.25, 0.3) is 6.08 Å². The van der Waals surface area contributed by atoms with Gasteiger partial charge in [0.05, 0.1) is 0 Å². The van der Waals surface area contributed by atoms with Crippen LogP contribution >= 0.6 is 0 Å². The summed E-state index contributed by atoms with van der Waals surface area (Å²) < 4.78 is 0. The van der Waals surface area contributed by atoms with Gasteiger partial charge in [-0.25, -0.2) is 0 Å². The number of rotatable bonds is 3. The molecule has 2 bridgehead atoms. The van der Waals surface area contributed by atoms with E-state index in [1.54, 1.807) is 6.08 Å². The SMILES string of the molecule is CC(C)c1ccc(/C=C/C(=O)N2CC3(C)CC2CC(C)(C)C3)cc1. The fourth-order valence-corrected chi connectivity index (χ4v) is 4.97. The van der Waals surface area contributed by atoms with E-state index in [0.717, 1.165) is 18.5 Å². The molecule has 2 nitrogen and oxygen atoms in total. The Labute approximate surface area is 146 Å². The second-order valence-electron chi connectivity index (χ2n) is 9.33. The zero-order chi connectivity index (χ0) is 17.5. The van der Waals surface area contributed by atoms with Crippen LogP contribution in [0.2, 0.25) is 0 Å². The maximum atomic E-state index is 12.7. The van der Waals surface area contributed by atoms with Crippen molar-refractivity contribution >= 4 is 12.0 Å². The third-order valence-electron chi connectivity index (χ3n) is 5.72. The van der Waals surface area contributed by atoms with Gasteiger partial charge >= 0.3 is 0 Å². The summed E-state index contributed by atoms with van der Waals surface area (Å²) in [6, 6.07) is 8.93. The van der Waals surface area contributed by atoms with E-state index in [1.165, 1.54) is 18.4 Å². The van der Waals surface area contributed by atoms with E-state index in [-0.39, 0.29) is 5.91 Å². The Morgan fingerprint density at radius 1 is 1.17 bits per heavy atom. The molecular weight excluding hydrogens is 294 g/mol. The molecule has 1 saturated carbocycles. The maximum Gasteiger partial charge on any atom is 0.246 e. The van der Waals surface area contributed by atoms with Crippen molar-refractivity contribution in [2.24, 2.45) is 10.8 Å². The Kier molecular flexibility index (Phi) is 4.36. The highest BCUT2D eigenvalue weighted by Gasteiger charge is 2.50. The summed E-state index contributed by atoms with van der Waals surface area (Å²) in [5, 5.41) is 0. The van der Waals surface area contributed by atoms with Crippen molar-refractivity contribution in [1.82, 2.24) is 4.90 Å². The van der Waals surface area contributed by atoms with Crippen LogP contribution in [0.4, 0.5) is 0 Å². The van der Waals surface area contributed by atoms with Crippen molar-refractivity contribution in [2.45, 2.75) is 65.8 Å². The molecule has 0 aromatic heterocycles. The minimum Gasteiger partial charge on any atom is -0.336 e. The molecule has 0 radical (unpaired) electrons. The fourth-order valence-electron chi connectivity index (χ4n) is 4.97. The van der Waals surface area contributed by atoms with Gasteiger partial charge in [0.15, 0.2) is 0 Å². The molecule has 24 heavy (non-hydrogen) atoms. The molecule has 0 N–H and O–H groups in total. The second kappa shape index (κ2) is 6.06. The standard InChI is InChI=1S/C22H31NO/c1-16(2)18-9-6-17(7-10-18)8-11-20(24)23-15-22(5)13-19(23)12-21(3,4)14-22/h6-11,16,19H,12-15H2,1-5H3/b11-8+. The molecule has 0 spiro atoms. The molecule has 2 fully saturated rings. The minimum atomic E-state index is 0.175. The van der Waals surface area contributed by atoms with Crippen LogP contribution in [0, 0.1) is 10.8 Å². The Balaban J connectivity index is 1.69. The third kappa shape index (κ3) is 3.58. The molecule has 1 saturated heterocycles. The van der Waals surface area contributed by atoms with E-state index in [9.17, 15) is 4.79 Å². The molecule has 1 aliphatic carbocycles. The van der Waals surface area contributed by atoms with Crippen molar-refractivity contribution in [3.63, 3.8) is 0 Å². The van der Waals surface area contributed by atoms with Gasteiger partial charge in [0, 0.05) is 18.7 Å². The Hall–Kier alpha value is -1.57. The lowest BCUT2D eigenvalue weighted by atomic mass is 9.65. The van der Waals surface area contributed by atoms with E-state index in [1.807, 2.05) is 6.08 Å². The molecular formula is C22H31NO. The highest BCUT2D eigenvalue weighted by molar-refractivity contribution is 5.92. The maximum absolute atomic E-state index is 12.7. The predicted molar refractivity (Wildman–Crippen MR) is 101 cm³/mol. The number of carbonyl (C=O) groups excluding carboxylic acids is 1. The van der Waals surface area contributed by atoms with Crippen LogP contribution in [-0.2, 0) is 4.79 Å². The average molecular weight is 325 g/mol. The Morgan fingerprint density at radius 2 is 1.83 bits per heavy atom. The van der Waals surface area contributed by atoms with E-state index >= 15 is 0 Å². The lowest BCUT2D eigenvalue weighted by Crippen LogP contribution is -2.36. The molecule has 1 aliphatic heterocycles. The monoisotopic (exact) mass is 325 g/mol. The summed E-state index contributed by atoms with van der Waals surface area (Å²) in [6.07, 6.45) is 7.24. The first-order valence-corrected chi connectivity index (χ1v) is 9.26. The van der Waals surface area contributed by atoms with Gasteiger partial charge in [-0.2, -0.15) is 0 Å². The zero-order valence-corrected chi connectivity index (χ0v) is 15.8. The van der Waals surface area contributed by atoms with Gasteiger partial charge in [-0.05, 0) is 53.2 Å². The van der Waals surface area contributed by atoms with Crippen LogP contribution in [0.15, 0.2) is 30.3 Å². The molecule has 1 aromatic rings. The second-order valence-corrected chi connectivity index (χ2v) is 9.33. The van der Waals surface area contributed by atoms with Crippen molar-refractivity contribution in [1.29, 1.82) is 0 Å². The van der Waals surface area contributed by atoms with Gasteiger partial charge in [-0.15, -0.1) is 0 Å². The quantitative estimate of drug-likeness (QED) is 0.695. The van der Waals surface area contributed by atoms with Crippen molar-refractivity contribution in [3.8, 4) is 0 Å². The fraction of sp³-hybridized carbons (Fsp3) is 0.591. The number of amides is 1. The van der Waals surface area contributed by atoms with Gasteiger partial charge < -0.3 is 4.90 Å². The summed E-state index contributed by atoms with van der Waals surface area (Å²) in [7, 11) is 0. The summed E-state index contributed by atoms with van der Waals surface area (Å²) in [4.78, 5) is 14.8. The highest BCUT2D eigenvalue weighted by Crippen LogP contribution is 2.52. The normalized spacial score (nSPS) is 28.8. The van der Waals surface area contributed by atoms with E-state index in [2.05, 4.69) is 63.8 Å². The molecule has 3 rings (SSSR count). The van der Waals surface area contributed by atoms with Crippen LogP contribution in [0.3, 0.4) is 0 Å². The van der Waals surface area contributed by atoms with Gasteiger partial charge in [0.1, 0.15) is 0 Å². The van der Waals surface area contributed by atoms with E-state index < -0.39 is 0 Å². The number of hydrogen-bond donors (Lipinski definition) is 0. The number of fused-ring (bicyclic) bond motifs is 2. The third-order valence-corrected chi connectivity index (χ3v) is 5.72. The largest absolute Gasteiger partial charge is 0.336 e. The Morgan fingerprint density at radius 3 is 2.46 bits per heavy atom. The van der Waals surface area contributed by atoms with Gasteiger partial charge in [-0.1, -0.05) is 58.9 Å². The van der Waals surface area contributed by atoms with Crippen molar-refractivity contribution < 1.29 is 4.79 Å². The molecule has 1 heterocycles. The van der Waals surface area contributed by atoms with Crippen LogP contribution in [0.1, 0.15) is 70.9 Å². The summed E-state index contributed by atoms with van der Waals surface area (Å²) in [5.41, 5.74) is 3.08. The topological polar surface area (TPSA) is 20.3 Å². The first-order valence-electron chi connectivity index (χ1n) is 9.26. The minimum absolute atomic E-state index is 0.175. The van der Waals surface area contributed by atoms with E-state index in [4.69, 9.17) is 0 Å². The number of nitrogens with zero attached hydrogens (tertiary/aromatic N) is 1.